The largest absolute Gasteiger partial charge is 0.495 e. The summed E-state index contributed by atoms with van der Waals surface area (Å²) in [4.78, 5) is 12.2. The van der Waals surface area contributed by atoms with Crippen LogP contribution in [0.1, 0.15) is 5.56 Å². The summed E-state index contributed by atoms with van der Waals surface area (Å²) >= 11 is 12.2. The number of fused-ring (bicyclic) bond motifs is 1. The molecule has 1 N–H and O–H groups in total. The van der Waals surface area contributed by atoms with Crippen molar-refractivity contribution in [1.29, 1.82) is 0 Å². The van der Waals surface area contributed by atoms with E-state index in [4.69, 9.17) is 42.1 Å². The van der Waals surface area contributed by atoms with Gasteiger partial charge in [-0.05, 0) is 23.8 Å². The van der Waals surface area contributed by atoms with Crippen LogP contribution >= 0.6 is 23.2 Å². The SMILES string of the molecule is COc1cc(NC(=O)/C=C/c2cc(Cl)c3c(c2)OCO3)c(OC)cc1Cl. The first-order valence-corrected chi connectivity index (χ1v) is 8.27. The fraction of sp³-hybridized carbons (Fsp3) is 0.167. The van der Waals surface area contributed by atoms with Gasteiger partial charge in [0.05, 0.1) is 30.0 Å². The molecule has 6 nitrogen and oxygen atoms in total. The fourth-order valence-corrected chi connectivity index (χ4v) is 2.89. The van der Waals surface area contributed by atoms with Gasteiger partial charge in [0, 0.05) is 18.2 Å². The number of anilines is 1. The van der Waals surface area contributed by atoms with E-state index in [-0.39, 0.29) is 12.7 Å². The molecule has 0 aliphatic carbocycles. The molecule has 136 valence electrons. The number of amides is 1. The highest BCUT2D eigenvalue weighted by molar-refractivity contribution is 6.32. The Morgan fingerprint density at radius 3 is 2.58 bits per heavy atom. The number of hydrogen-bond acceptors (Lipinski definition) is 5. The van der Waals surface area contributed by atoms with Crippen LogP contribution in [0.3, 0.4) is 0 Å². The van der Waals surface area contributed by atoms with E-state index >= 15 is 0 Å². The van der Waals surface area contributed by atoms with Gasteiger partial charge in [-0.3, -0.25) is 4.79 Å². The Morgan fingerprint density at radius 2 is 1.85 bits per heavy atom. The second-order valence-corrected chi connectivity index (χ2v) is 6.06. The zero-order valence-corrected chi connectivity index (χ0v) is 15.5. The minimum absolute atomic E-state index is 0.126. The second kappa shape index (κ2) is 7.76. The highest BCUT2D eigenvalue weighted by Crippen LogP contribution is 2.40. The Morgan fingerprint density at radius 1 is 1.08 bits per heavy atom. The summed E-state index contributed by atoms with van der Waals surface area (Å²) in [6.45, 7) is 0.126. The summed E-state index contributed by atoms with van der Waals surface area (Å²) in [5, 5.41) is 3.53. The van der Waals surface area contributed by atoms with Gasteiger partial charge in [-0.25, -0.2) is 0 Å². The van der Waals surface area contributed by atoms with Gasteiger partial charge in [0.15, 0.2) is 11.5 Å². The van der Waals surface area contributed by atoms with E-state index in [0.717, 1.165) is 0 Å². The highest BCUT2D eigenvalue weighted by Gasteiger charge is 2.17. The molecule has 0 saturated carbocycles. The predicted molar refractivity (Wildman–Crippen MR) is 99.8 cm³/mol. The Bertz CT molecular complexity index is 882. The van der Waals surface area contributed by atoms with Crippen molar-refractivity contribution in [3.63, 3.8) is 0 Å². The third-order valence-corrected chi connectivity index (χ3v) is 4.18. The quantitative estimate of drug-likeness (QED) is 0.760. The summed E-state index contributed by atoms with van der Waals surface area (Å²) in [6, 6.07) is 6.58. The third-order valence-electron chi connectivity index (χ3n) is 3.61. The molecule has 2 aromatic rings. The van der Waals surface area contributed by atoms with Crippen molar-refractivity contribution in [3.8, 4) is 23.0 Å². The monoisotopic (exact) mass is 395 g/mol. The second-order valence-electron chi connectivity index (χ2n) is 5.25. The third kappa shape index (κ3) is 3.81. The fourth-order valence-electron chi connectivity index (χ4n) is 2.39. The first kappa shape index (κ1) is 18.2. The lowest BCUT2D eigenvalue weighted by Gasteiger charge is -2.12. The first-order chi connectivity index (χ1) is 12.5. The predicted octanol–water partition coefficient (Wildman–Crippen LogP) is 4.39. The number of carbonyl (C=O) groups is 1. The van der Waals surface area contributed by atoms with Crippen LogP contribution in [0.5, 0.6) is 23.0 Å². The van der Waals surface area contributed by atoms with E-state index in [0.29, 0.717) is 44.3 Å². The standard InChI is InChI=1S/C18H15Cl2NO5/c1-23-14-8-13(15(24-2)7-11(14)19)21-17(22)4-3-10-5-12(20)18-16(6-10)25-9-26-18/h3-8H,9H2,1-2H3,(H,21,22)/b4-3+. The van der Waals surface area contributed by atoms with Crippen molar-refractivity contribution in [1.82, 2.24) is 0 Å². The first-order valence-electron chi connectivity index (χ1n) is 7.51. The average Bonchev–Trinajstić information content (AvgIpc) is 3.10. The molecule has 1 heterocycles. The number of halogens is 2. The van der Waals surface area contributed by atoms with Gasteiger partial charge in [-0.15, -0.1) is 0 Å². The van der Waals surface area contributed by atoms with Crippen LogP contribution in [-0.2, 0) is 4.79 Å². The van der Waals surface area contributed by atoms with Crippen LogP contribution in [-0.4, -0.2) is 26.9 Å². The number of ether oxygens (including phenoxy) is 4. The minimum Gasteiger partial charge on any atom is -0.495 e. The molecule has 0 atom stereocenters. The minimum atomic E-state index is -0.360. The van der Waals surface area contributed by atoms with Gasteiger partial charge in [0.25, 0.3) is 0 Å². The highest BCUT2D eigenvalue weighted by atomic mass is 35.5. The van der Waals surface area contributed by atoms with Gasteiger partial charge < -0.3 is 24.3 Å². The lowest BCUT2D eigenvalue weighted by molar-refractivity contribution is -0.111. The molecule has 0 unspecified atom stereocenters. The molecule has 26 heavy (non-hydrogen) atoms. The maximum atomic E-state index is 12.2. The Labute approximate surface area is 160 Å². The number of benzene rings is 2. The smallest absolute Gasteiger partial charge is 0.248 e. The average molecular weight is 396 g/mol. The summed E-state index contributed by atoms with van der Waals surface area (Å²) in [5.41, 5.74) is 1.14. The van der Waals surface area contributed by atoms with Crippen LogP contribution in [0.15, 0.2) is 30.3 Å². The Kier molecular flexibility index (Phi) is 5.44. The normalized spacial score (nSPS) is 12.3. The summed E-state index contributed by atoms with van der Waals surface area (Å²) in [7, 11) is 2.97. The van der Waals surface area contributed by atoms with Crippen molar-refractivity contribution >= 4 is 40.9 Å². The van der Waals surface area contributed by atoms with Gasteiger partial charge >= 0.3 is 0 Å². The van der Waals surface area contributed by atoms with Crippen molar-refractivity contribution < 1.29 is 23.7 Å². The molecule has 1 amide bonds. The van der Waals surface area contributed by atoms with Gasteiger partial charge in [-0.2, -0.15) is 0 Å². The van der Waals surface area contributed by atoms with Crippen molar-refractivity contribution in [2.45, 2.75) is 0 Å². The van der Waals surface area contributed by atoms with Crippen LogP contribution < -0.4 is 24.3 Å². The molecule has 0 radical (unpaired) electrons. The number of methoxy groups -OCH3 is 2. The zero-order valence-electron chi connectivity index (χ0n) is 14.0. The van der Waals surface area contributed by atoms with E-state index in [1.807, 2.05) is 0 Å². The van der Waals surface area contributed by atoms with Gasteiger partial charge in [0.1, 0.15) is 11.5 Å². The van der Waals surface area contributed by atoms with Crippen LogP contribution in [0, 0.1) is 0 Å². The molecule has 0 spiro atoms. The van der Waals surface area contributed by atoms with Crippen molar-refractivity contribution in [2.24, 2.45) is 0 Å². The molecule has 0 fully saturated rings. The van der Waals surface area contributed by atoms with E-state index < -0.39 is 0 Å². The van der Waals surface area contributed by atoms with Gasteiger partial charge in [-0.1, -0.05) is 23.2 Å². The maximum Gasteiger partial charge on any atom is 0.248 e. The summed E-state index contributed by atoms with van der Waals surface area (Å²) in [5.74, 6) is 1.53. The molecule has 0 saturated heterocycles. The molecule has 0 aromatic heterocycles. The van der Waals surface area contributed by atoms with E-state index in [9.17, 15) is 4.79 Å². The molecule has 1 aliphatic heterocycles. The number of carbonyl (C=O) groups excluding carboxylic acids is 1. The number of rotatable bonds is 5. The molecule has 3 rings (SSSR count). The Hall–Kier alpha value is -2.57. The molecule has 8 heteroatoms. The summed E-state index contributed by atoms with van der Waals surface area (Å²) < 4.78 is 20.9. The molecular weight excluding hydrogens is 381 g/mol. The van der Waals surface area contributed by atoms with E-state index in [1.165, 1.54) is 20.3 Å². The molecule has 1 aliphatic rings. The molecule has 0 bridgehead atoms. The number of nitrogens with one attached hydrogen (secondary N) is 1. The molecule has 2 aromatic carbocycles. The molecular formula is C18H15Cl2NO5. The lowest BCUT2D eigenvalue weighted by atomic mass is 10.2. The topological polar surface area (TPSA) is 66.0 Å². The Balaban J connectivity index is 1.77. The van der Waals surface area contributed by atoms with Crippen molar-refractivity contribution in [3.05, 3.63) is 46.0 Å². The number of hydrogen-bond donors (Lipinski definition) is 1. The van der Waals surface area contributed by atoms with Crippen LogP contribution in [0.25, 0.3) is 6.08 Å². The summed E-state index contributed by atoms with van der Waals surface area (Å²) in [6.07, 6.45) is 2.98. The van der Waals surface area contributed by atoms with Crippen LogP contribution in [0.4, 0.5) is 5.69 Å². The van der Waals surface area contributed by atoms with Crippen LogP contribution in [0.2, 0.25) is 10.0 Å². The van der Waals surface area contributed by atoms with Crippen molar-refractivity contribution in [2.75, 3.05) is 26.3 Å². The van der Waals surface area contributed by atoms with Gasteiger partial charge in [0.2, 0.25) is 12.7 Å². The van der Waals surface area contributed by atoms with E-state index in [2.05, 4.69) is 5.32 Å². The maximum absolute atomic E-state index is 12.2. The van der Waals surface area contributed by atoms with E-state index in [1.54, 1.807) is 30.3 Å². The zero-order chi connectivity index (χ0) is 18.7. The lowest BCUT2D eigenvalue weighted by Crippen LogP contribution is -2.09.